The van der Waals surface area contributed by atoms with Crippen LogP contribution in [-0.2, 0) is 4.79 Å². The van der Waals surface area contributed by atoms with Gasteiger partial charge in [-0.05, 0) is 50.6 Å². The van der Waals surface area contributed by atoms with Crippen molar-refractivity contribution in [3.8, 4) is 17.3 Å². The number of para-hydroxylation sites is 1. The van der Waals surface area contributed by atoms with Gasteiger partial charge >= 0.3 is 5.97 Å². The van der Waals surface area contributed by atoms with Crippen LogP contribution in [0.1, 0.15) is 49.3 Å². The number of aromatic nitrogens is 2. The van der Waals surface area contributed by atoms with E-state index in [0.717, 1.165) is 0 Å². The Morgan fingerprint density at radius 3 is 2.45 bits per heavy atom. The number of carbonyl (C=O) groups is 2. The van der Waals surface area contributed by atoms with E-state index in [1.165, 1.54) is 10.7 Å². The lowest BCUT2D eigenvalue weighted by Gasteiger charge is -2.23. The number of carboxylic acid groups (broad SMARTS) is 1. The van der Waals surface area contributed by atoms with Crippen molar-refractivity contribution in [3.63, 3.8) is 0 Å². The smallest absolute Gasteiger partial charge is 0.305 e. The van der Waals surface area contributed by atoms with Crippen molar-refractivity contribution < 1.29 is 24.5 Å². The number of rotatable bonds is 7. The minimum Gasteiger partial charge on any atom is -0.493 e. The van der Waals surface area contributed by atoms with Crippen LogP contribution in [-0.4, -0.2) is 37.5 Å². The minimum atomic E-state index is -1.06. The zero-order valence-electron chi connectivity index (χ0n) is 17.6. The van der Waals surface area contributed by atoms with Crippen molar-refractivity contribution in [2.75, 3.05) is 0 Å². The SMILES string of the molecule is CC(C)(C)Oc1cccc(C(CC(=O)O)NC(=O)c2cc(O)n(-c3ccccc3)n2)c1. The molecule has 0 aliphatic rings. The van der Waals surface area contributed by atoms with Gasteiger partial charge in [0.2, 0.25) is 5.88 Å². The fourth-order valence-corrected chi connectivity index (χ4v) is 3.05. The van der Waals surface area contributed by atoms with E-state index >= 15 is 0 Å². The topological polar surface area (TPSA) is 114 Å². The maximum atomic E-state index is 12.8. The number of ether oxygens (including phenoxy) is 1. The second-order valence-electron chi connectivity index (χ2n) is 8.05. The standard InChI is InChI=1S/C23H25N3O5/c1-23(2,3)31-17-11-7-8-15(12-17)18(14-21(28)29)24-22(30)19-13-20(27)26(25-19)16-9-5-4-6-10-16/h4-13,18,27H,14H2,1-3H3,(H,24,30)(H,28,29). The van der Waals surface area contributed by atoms with E-state index in [1.54, 1.807) is 48.5 Å². The Morgan fingerprint density at radius 1 is 1.10 bits per heavy atom. The van der Waals surface area contributed by atoms with Crippen LogP contribution in [0.5, 0.6) is 11.6 Å². The zero-order chi connectivity index (χ0) is 22.6. The summed E-state index contributed by atoms with van der Waals surface area (Å²) in [5.41, 5.74) is 0.725. The summed E-state index contributed by atoms with van der Waals surface area (Å²) < 4.78 is 7.08. The highest BCUT2D eigenvalue weighted by Gasteiger charge is 2.23. The fourth-order valence-electron chi connectivity index (χ4n) is 3.05. The minimum absolute atomic E-state index is 0.0289. The highest BCUT2D eigenvalue weighted by molar-refractivity contribution is 5.93. The summed E-state index contributed by atoms with van der Waals surface area (Å²) in [4.78, 5) is 24.2. The average molecular weight is 423 g/mol. The molecule has 162 valence electrons. The molecule has 0 fully saturated rings. The molecule has 3 rings (SSSR count). The molecule has 1 aromatic heterocycles. The largest absolute Gasteiger partial charge is 0.493 e. The van der Waals surface area contributed by atoms with Crippen LogP contribution in [0.15, 0.2) is 60.7 Å². The first-order valence-corrected chi connectivity index (χ1v) is 9.78. The van der Waals surface area contributed by atoms with Crippen LogP contribution in [0.3, 0.4) is 0 Å². The van der Waals surface area contributed by atoms with Gasteiger partial charge in [0.25, 0.3) is 5.91 Å². The van der Waals surface area contributed by atoms with Gasteiger partial charge in [-0.1, -0.05) is 30.3 Å². The van der Waals surface area contributed by atoms with Gasteiger partial charge in [-0.3, -0.25) is 9.59 Å². The Morgan fingerprint density at radius 2 is 1.81 bits per heavy atom. The second-order valence-corrected chi connectivity index (χ2v) is 8.05. The molecule has 8 heteroatoms. The van der Waals surface area contributed by atoms with Gasteiger partial charge in [0.1, 0.15) is 11.4 Å². The van der Waals surface area contributed by atoms with Gasteiger partial charge < -0.3 is 20.3 Å². The number of carbonyl (C=O) groups excluding carboxylic acids is 1. The molecule has 1 heterocycles. The van der Waals surface area contributed by atoms with Crippen molar-refractivity contribution in [2.45, 2.75) is 38.8 Å². The van der Waals surface area contributed by atoms with E-state index in [4.69, 9.17) is 4.74 Å². The number of hydrogen-bond donors (Lipinski definition) is 3. The van der Waals surface area contributed by atoms with Crippen molar-refractivity contribution in [1.82, 2.24) is 15.1 Å². The lowest BCUT2D eigenvalue weighted by Crippen LogP contribution is -2.30. The molecule has 0 bridgehead atoms. The summed E-state index contributed by atoms with van der Waals surface area (Å²) in [6.45, 7) is 5.73. The third-order valence-electron chi connectivity index (χ3n) is 4.29. The molecule has 3 N–H and O–H groups in total. The molecule has 3 aromatic rings. The highest BCUT2D eigenvalue weighted by Crippen LogP contribution is 2.25. The number of aromatic hydroxyl groups is 1. The van der Waals surface area contributed by atoms with E-state index in [0.29, 0.717) is 17.0 Å². The lowest BCUT2D eigenvalue weighted by atomic mass is 10.0. The molecule has 0 spiro atoms. The summed E-state index contributed by atoms with van der Waals surface area (Å²) in [6.07, 6.45) is -0.323. The molecular formula is C23H25N3O5. The van der Waals surface area contributed by atoms with Gasteiger partial charge in [0, 0.05) is 6.07 Å². The summed E-state index contributed by atoms with van der Waals surface area (Å²) in [7, 11) is 0. The Balaban J connectivity index is 1.84. The summed E-state index contributed by atoms with van der Waals surface area (Å²) in [5.74, 6) is -1.30. The molecule has 1 unspecified atom stereocenters. The first kappa shape index (κ1) is 21.9. The van der Waals surface area contributed by atoms with E-state index < -0.39 is 23.5 Å². The number of hydrogen-bond acceptors (Lipinski definition) is 5. The van der Waals surface area contributed by atoms with Crippen LogP contribution in [0.2, 0.25) is 0 Å². The monoisotopic (exact) mass is 423 g/mol. The number of benzene rings is 2. The predicted octanol–water partition coefficient (Wildman–Crippen LogP) is 3.70. The van der Waals surface area contributed by atoms with Crippen LogP contribution < -0.4 is 10.1 Å². The van der Waals surface area contributed by atoms with E-state index in [-0.39, 0.29) is 18.0 Å². The molecule has 0 saturated carbocycles. The van der Waals surface area contributed by atoms with E-state index in [2.05, 4.69) is 10.4 Å². The van der Waals surface area contributed by atoms with E-state index in [1.807, 2.05) is 26.8 Å². The Hall–Kier alpha value is -3.81. The Labute approximate surface area is 180 Å². The van der Waals surface area contributed by atoms with Crippen molar-refractivity contribution in [1.29, 1.82) is 0 Å². The molecular weight excluding hydrogens is 398 g/mol. The quantitative estimate of drug-likeness (QED) is 0.534. The molecule has 0 aliphatic heterocycles. The van der Waals surface area contributed by atoms with Crippen LogP contribution in [0.25, 0.3) is 5.69 Å². The maximum absolute atomic E-state index is 12.8. The van der Waals surface area contributed by atoms with Crippen LogP contribution >= 0.6 is 0 Å². The zero-order valence-corrected chi connectivity index (χ0v) is 17.6. The molecule has 0 saturated heterocycles. The van der Waals surface area contributed by atoms with Gasteiger partial charge in [0.15, 0.2) is 5.69 Å². The number of amides is 1. The van der Waals surface area contributed by atoms with Gasteiger partial charge in [0.05, 0.1) is 18.2 Å². The molecule has 1 atom stereocenters. The average Bonchev–Trinajstić information content (AvgIpc) is 3.08. The third-order valence-corrected chi connectivity index (χ3v) is 4.29. The van der Waals surface area contributed by atoms with Gasteiger partial charge in [-0.25, -0.2) is 4.68 Å². The molecule has 0 radical (unpaired) electrons. The van der Waals surface area contributed by atoms with Crippen molar-refractivity contribution >= 4 is 11.9 Å². The van der Waals surface area contributed by atoms with Crippen molar-refractivity contribution in [2.24, 2.45) is 0 Å². The highest BCUT2D eigenvalue weighted by atomic mass is 16.5. The van der Waals surface area contributed by atoms with Crippen LogP contribution in [0, 0.1) is 0 Å². The molecule has 0 aliphatic carbocycles. The number of nitrogens with zero attached hydrogens (tertiary/aromatic N) is 2. The summed E-state index contributed by atoms with van der Waals surface area (Å²) in [5, 5.41) is 26.4. The Kier molecular flexibility index (Phi) is 6.29. The lowest BCUT2D eigenvalue weighted by molar-refractivity contribution is -0.137. The molecule has 31 heavy (non-hydrogen) atoms. The Bertz CT molecular complexity index is 1070. The second kappa shape index (κ2) is 8.91. The first-order chi connectivity index (χ1) is 14.6. The number of carboxylic acids is 1. The molecule has 1 amide bonds. The maximum Gasteiger partial charge on any atom is 0.305 e. The molecule has 8 nitrogen and oxygen atoms in total. The molecule has 2 aromatic carbocycles. The normalized spacial score (nSPS) is 12.2. The number of aliphatic carboxylic acids is 1. The fraction of sp³-hybridized carbons (Fsp3) is 0.261. The van der Waals surface area contributed by atoms with Crippen LogP contribution in [0.4, 0.5) is 0 Å². The van der Waals surface area contributed by atoms with E-state index in [9.17, 15) is 19.8 Å². The van der Waals surface area contributed by atoms with Gasteiger partial charge in [-0.15, -0.1) is 0 Å². The summed E-state index contributed by atoms with van der Waals surface area (Å²) >= 11 is 0. The first-order valence-electron chi connectivity index (χ1n) is 9.78. The third kappa shape index (κ3) is 5.85. The predicted molar refractivity (Wildman–Crippen MR) is 115 cm³/mol. The van der Waals surface area contributed by atoms with Crippen molar-refractivity contribution in [3.05, 3.63) is 71.9 Å². The summed E-state index contributed by atoms with van der Waals surface area (Å²) in [6, 6.07) is 16.2. The van der Waals surface area contributed by atoms with Gasteiger partial charge in [-0.2, -0.15) is 5.10 Å². The number of nitrogens with one attached hydrogen (secondary N) is 1.